The topological polar surface area (TPSA) is 101 Å². The summed E-state index contributed by atoms with van der Waals surface area (Å²) >= 11 is 17.4. The van der Waals surface area contributed by atoms with Gasteiger partial charge < -0.3 is 0 Å². The van der Waals surface area contributed by atoms with Gasteiger partial charge in [0.2, 0.25) is 0 Å². The molecule has 2 aromatic carbocycles. The van der Waals surface area contributed by atoms with Crippen LogP contribution in [0.25, 0.3) is 0 Å². The summed E-state index contributed by atoms with van der Waals surface area (Å²) in [6.07, 6.45) is 0. The Morgan fingerprint density at radius 3 is 2.12 bits per heavy atom. The Morgan fingerprint density at radius 1 is 0.875 bits per heavy atom. The number of nitro groups is 1. The zero-order valence-corrected chi connectivity index (χ0v) is 13.9. The highest BCUT2D eigenvalue weighted by Crippen LogP contribution is 2.23. The molecule has 0 heterocycles. The number of non-ortho nitro benzene ring substituents is 1. The van der Waals surface area contributed by atoms with E-state index in [2.05, 4.69) is 10.9 Å². The first-order valence-corrected chi connectivity index (χ1v) is 7.42. The summed E-state index contributed by atoms with van der Waals surface area (Å²) in [5.41, 5.74) is 4.22. The molecule has 24 heavy (non-hydrogen) atoms. The molecule has 2 N–H and O–H groups in total. The van der Waals surface area contributed by atoms with E-state index in [9.17, 15) is 19.7 Å². The first-order chi connectivity index (χ1) is 11.3. The molecule has 0 bridgehead atoms. The van der Waals surface area contributed by atoms with Crippen molar-refractivity contribution in [3.8, 4) is 0 Å². The van der Waals surface area contributed by atoms with Gasteiger partial charge >= 0.3 is 0 Å². The van der Waals surface area contributed by atoms with E-state index in [1.807, 2.05) is 0 Å². The van der Waals surface area contributed by atoms with Crippen LogP contribution in [0.1, 0.15) is 20.7 Å². The van der Waals surface area contributed by atoms with Crippen LogP contribution in [0.3, 0.4) is 0 Å². The van der Waals surface area contributed by atoms with Gasteiger partial charge in [-0.05, 0) is 24.3 Å². The number of hydrogen-bond donors (Lipinski definition) is 2. The van der Waals surface area contributed by atoms with Crippen LogP contribution in [-0.4, -0.2) is 16.7 Å². The SMILES string of the molecule is O=C(NNC(=O)c1ccc([N+](=O)[O-])cc1Cl)c1ccc(Cl)c(Cl)c1. The Hall–Kier alpha value is -2.35. The van der Waals surface area contributed by atoms with E-state index < -0.39 is 16.7 Å². The lowest BCUT2D eigenvalue weighted by Gasteiger charge is -2.09. The van der Waals surface area contributed by atoms with Gasteiger partial charge in [0.15, 0.2) is 0 Å². The Morgan fingerprint density at radius 2 is 1.54 bits per heavy atom. The van der Waals surface area contributed by atoms with Gasteiger partial charge in [0.25, 0.3) is 17.5 Å². The second-order valence-corrected chi connectivity index (χ2v) is 5.68. The summed E-state index contributed by atoms with van der Waals surface area (Å²) in [5.74, 6) is -1.36. The molecule has 0 spiro atoms. The highest BCUT2D eigenvalue weighted by molar-refractivity contribution is 6.42. The van der Waals surface area contributed by atoms with E-state index in [0.29, 0.717) is 0 Å². The highest BCUT2D eigenvalue weighted by Gasteiger charge is 2.16. The zero-order valence-electron chi connectivity index (χ0n) is 11.7. The molecule has 2 rings (SSSR count). The number of amides is 2. The normalized spacial score (nSPS) is 10.1. The molecule has 0 unspecified atom stereocenters. The standard InChI is InChI=1S/C14H8Cl3N3O4/c15-10-4-1-7(5-12(10)17)13(21)18-19-14(22)9-3-2-8(20(23)24)6-11(9)16/h1-6H,(H,18,21)(H,19,22). The number of benzene rings is 2. The zero-order chi connectivity index (χ0) is 17.9. The number of hydrazine groups is 1. The van der Waals surface area contributed by atoms with Crippen LogP contribution in [0.2, 0.25) is 15.1 Å². The largest absolute Gasteiger partial charge is 0.271 e. The molecule has 0 saturated heterocycles. The van der Waals surface area contributed by atoms with Gasteiger partial charge in [-0.25, -0.2) is 0 Å². The third-order valence-corrected chi connectivity index (χ3v) is 3.93. The van der Waals surface area contributed by atoms with Crippen LogP contribution in [0.5, 0.6) is 0 Å². The summed E-state index contributed by atoms with van der Waals surface area (Å²) in [6.45, 7) is 0. The lowest BCUT2D eigenvalue weighted by atomic mass is 10.2. The van der Waals surface area contributed by atoms with Gasteiger partial charge in [-0.15, -0.1) is 0 Å². The van der Waals surface area contributed by atoms with E-state index in [1.165, 1.54) is 24.3 Å². The summed E-state index contributed by atoms with van der Waals surface area (Å²) in [7, 11) is 0. The number of halogens is 3. The van der Waals surface area contributed by atoms with Crippen molar-refractivity contribution in [2.75, 3.05) is 0 Å². The van der Waals surface area contributed by atoms with Crippen LogP contribution in [0.15, 0.2) is 36.4 Å². The van der Waals surface area contributed by atoms with Crippen molar-refractivity contribution in [3.05, 3.63) is 72.7 Å². The Labute approximate surface area is 150 Å². The maximum absolute atomic E-state index is 12.0. The molecular formula is C14H8Cl3N3O4. The van der Waals surface area contributed by atoms with E-state index in [1.54, 1.807) is 0 Å². The second kappa shape index (κ2) is 7.48. The third-order valence-electron chi connectivity index (χ3n) is 2.88. The summed E-state index contributed by atoms with van der Waals surface area (Å²) in [5, 5.41) is 11.0. The first kappa shape index (κ1) is 18.0. The monoisotopic (exact) mass is 387 g/mol. The van der Waals surface area contributed by atoms with Crippen LogP contribution in [0, 0.1) is 10.1 Å². The minimum absolute atomic E-state index is 0.0308. The van der Waals surface area contributed by atoms with Crippen molar-refractivity contribution >= 4 is 52.3 Å². The van der Waals surface area contributed by atoms with Crippen molar-refractivity contribution in [1.82, 2.24) is 10.9 Å². The second-order valence-electron chi connectivity index (χ2n) is 4.46. The lowest BCUT2D eigenvalue weighted by molar-refractivity contribution is -0.384. The lowest BCUT2D eigenvalue weighted by Crippen LogP contribution is -2.41. The summed E-state index contributed by atoms with van der Waals surface area (Å²) < 4.78 is 0. The molecule has 0 atom stereocenters. The molecular weight excluding hydrogens is 381 g/mol. The number of rotatable bonds is 3. The predicted octanol–water partition coefficient (Wildman–Crippen LogP) is 3.63. The van der Waals surface area contributed by atoms with E-state index >= 15 is 0 Å². The average Bonchev–Trinajstić information content (AvgIpc) is 2.54. The minimum Gasteiger partial charge on any atom is -0.267 e. The molecule has 0 fully saturated rings. The number of carbonyl (C=O) groups is 2. The number of carbonyl (C=O) groups excluding carboxylic acids is 2. The van der Waals surface area contributed by atoms with E-state index in [4.69, 9.17) is 34.8 Å². The third kappa shape index (κ3) is 4.14. The van der Waals surface area contributed by atoms with E-state index in [-0.39, 0.29) is 31.9 Å². The number of nitro benzene ring substituents is 1. The van der Waals surface area contributed by atoms with Crippen molar-refractivity contribution in [1.29, 1.82) is 0 Å². The first-order valence-electron chi connectivity index (χ1n) is 6.29. The maximum Gasteiger partial charge on any atom is 0.271 e. The number of hydrogen-bond acceptors (Lipinski definition) is 4. The molecule has 7 nitrogen and oxygen atoms in total. The molecule has 0 aliphatic carbocycles. The number of nitrogens with zero attached hydrogens (tertiary/aromatic N) is 1. The number of nitrogens with one attached hydrogen (secondary N) is 2. The minimum atomic E-state index is -0.733. The van der Waals surface area contributed by atoms with Gasteiger partial charge in [0.1, 0.15) is 0 Å². The van der Waals surface area contributed by atoms with Crippen LogP contribution < -0.4 is 10.9 Å². The predicted molar refractivity (Wildman–Crippen MR) is 89.5 cm³/mol. The molecule has 10 heteroatoms. The quantitative estimate of drug-likeness (QED) is 0.619. The molecule has 2 aromatic rings. The van der Waals surface area contributed by atoms with Gasteiger partial charge in [0.05, 0.1) is 25.6 Å². The fraction of sp³-hybridized carbons (Fsp3) is 0. The van der Waals surface area contributed by atoms with Gasteiger partial charge in [-0.2, -0.15) is 0 Å². The summed E-state index contributed by atoms with van der Waals surface area (Å²) in [6, 6.07) is 7.55. The smallest absolute Gasteiger partial charge is 0.267 e. The molecule has 0 radical (unpaired) electrons. The molecule has 124 valence electrons. The van der Waals surface area contributed by atoms with Gasteiger partial charge in [-0.3, -0.25) is 30.6 Å². The fourth-order valence-corrected chi connectivity index (χ4v) is 2.25. The van der Waals surface area contributed by atoms with Gasteiger partial charge in [0, 0.05) is 17.7 Å². The molecule has 0 aliphatic heterocycles. The van der Waals surface area contributed by atoms with Crippen LogP contribution in [0.4, 0.5) is 5.69 Å². The fourth-order valence-electron chi connectivity index (χ4n) is 1.69. The molecule has 0 aromatic heterocycles. The van der Waals surface area contributed by atoms with Gasteiger partial charge in [-0.1, -0.05) is 34.8 Å². The maximum atomic E-state index is 12.0. The average molecular weight is 389 g/mol. The highest BCUT2D eigenvalue weighted by atomic mass is 35.5. The molecule has 0 aliphatic rings. The Bertz CT molecular complexity index is 842. The van der Waals surface area contributed by atoms with Crippen LogP contribution in [-0.2, 0) is 0 Å². The van der Waals surface area contributed by atoms with Crippen molar-refractivity contribution in [2.45, 2.75) is 0 Å². The van der Waals surface area contributed by atoms with Crippen LogP contribution >= 0.6 is 34.8 Å². The Kier molecular flexibility index (Phi) is 5.61. The van der Waals surface area contributed by atoms with Crippen molar-refractivity contribution in [3.63, 3.8) is 0 Å². The van der Waals surface area contributed by atoms with Crippen molar-refractivity contribution < 1.29 is 14.5 Å². The molecule has 0 saturated carbocycles. The van der Waals surface area contributed by atoms with Crippen molar-refractivity contribution in [2.24, 2.45) is 0 Å². The molecule has 2 amide bonds. The van der Waals surface area contributed by atoms with E-state index in [0.717, 1.165) is 12.1 Å². The Balaban J connectivity index is 2.06. The summed E-state index contributed by atoms with van der Waals surface area (Å²) in [4.78, 5) is 33.9.